The Morgan fingerprint density at radius 2 is 1.80 bits per heavy atom. The molecule has 2 aliphatic rings. The zero-order chi connectivity index (χ0) is 18.2. The maximum atomic E-state index is 9.94. The predicted octanol–water partition coefficient (Wildman–Crippen LogP) is 2.35. The van der Waals surface area contributed by atoms with Gasteiger partial charge in [-0.25, -0.2) is 0 Å². The molecule has 1 aliphatic heterocycles. The molecule has 0 radical (unpaired) electrons. The number of rotatable bonds is 1. The standard InChI is InChI=1S/C20H19N5/c1-13-3-5-14(6-4-13)18-17-10-25(2)8-7-15(17)16(9-21)19(24)20(18,11-22)12-23/h3-7,17-18H,8,10,24H2,1-2H3/t17-,18-/m0/s1. The Balaban J connectivity index is 2.32. The van der Waals surface area contributed by atoms with Crippen LogP contribution < -0.4 is 5.73 Å². The van der Waals surface area contributed by atoms with Gasteiger partial charge in [-0.2, -0.15) is 15.8 Å². The van der Waals surface area contributed by atoms with Crippen LogP contribution in [0.2, 0.25) is 0 Å². The zero-order valence-corrected chi connectivity index (χ0v) is 14.3. The van der Waals surface area contributed by atoms with Crippen molar-refractivity contribution in [1.29, 1.82) is 15.8 Å². The Morgan fingerprint density at radius 3 is 2.36 bits per heavy atom. The van der Waals surface area contributed by atoms with Crippen LogP contribution in [0.15, 0.2) is 47.2 Å². The molecular formula is C20H19N5. The van der Waals surface area contributed by atoms with Crippen molar-refractivity contribution in [3.05, 3.63) is 58.3 Å². The first kappa shape index (κ1) is 16.8. The highest BCUT2D eigenvalue weighted by atomic mass is 15.1. The number of fused-ring (bicyclic) bond motifs is 1. The number of aryl methyl sites for hydroxylation is 1. The molecule has 0 saturated heterocycles. The van der Waals surface area contributed by atoms with Crippen LogP contribution >= 0.6 is 0 Å². The highest BCUT2D eigenvalue weighted by molar-refractivity contribution is 5.59. The van der Waals surface area contributed by atoms with Gasteiger partial charge in [0, 0.05) is 24.9 Å². The predicted molar refractivity (Wildman–Crippen MR) is 93.5 cm³/mol. The van der Waals surface area contributed by atoms with E-state index in [1.807, 2.05) is 44.3 Å². The zero-order valence-electron chi connectivity index (χ0n) is 14.3. The molecule has 1 aliphatic carbocycles. The molecule has 0 saturated carbocycles. The van der Waals surface area contributed by atoms with E-state index < -0.39 is 11.3 Å². The molecule has 2 atom stereocenters. The third kappa shape index (κ3) is 2.40. The molecular weight excluding hydrogens is 310 g/mol. The number of likely N-dealkylation sites (N-methyl/N-ethyl adjacent to an activating group) is 1. The largest absolute Gasteiger partial charge is 0.399 e. The highest BCUT2D eigenvalue weighted by Gasteiger charge is 2.54. The summed E-state index contributed by atoms with van der Waals surface area (Å²) < 4.78 is 0. The van der Waals surface area contributed by atoms with Crippen LogP contribution in [0.4, 0.5) is 0 Å². The van der Waals surface area contributed by atoms with Gasteiger partial charge >= 0.3 is 0 Å². The molecule has 0 bridgehead atoms. The quantitative estimate of drug-likeness (QED) is 0.852. The maximum absolute atomic E-state index is 9.94. The summed E-state index contributed by atoms with van der Waals surface area (Å²) in [6.07, 6.45) is 2.00. The van der Waals surface area contributed by atoms with E-state index in [-0.39, 0.29) is 11.6 Å². The summed E-state index contributed by atoms with van der Waals surface area (Å²) in [4.78, 5) is 2.13. The second kappa shape index (κ2) is 6.10. The number of nitrogens with zero attached hydrogens (tertiary/aromatic N) is 4. The minimum atomic E-state index is -1.54. The number of hydrogen-bond acceptors (Lipinski definition) is 5. The van der Waals surface area contributed by atoms with Gasteiger partial charge in [-0.15, -0.1) is 0 Å². The van der Waals surface area contributed by atoms with Crippen LogP contribution in [0.3, 0.4) is 0 Å². The Kier molecular flexibility index (Phi) is 4.09. The Morgan fingerprint density at radius 1 is 1.16 bits per heavy atom. The normalized spacial score (nSPS) is 25.2. The summed E-state index contributed by atoms with van der Waals surface area (Å²) in [6, 6.07) is 14.3. The molecule has 1 heterocycles. The highest BCUT2D eigenvalue weighted by Crippen LogP contribution is 2.53. The van der Waals surface area contributed by atoms with Gasteiger partial charge in [0.05, 0.1) is 23.4 Å². The minimum absolute atomic E-state index is 0.0811. The summed E-state index contributed by atoms with van der Waals surface area (Å²) in [5, 5.41) is 29.5. The topological polar surface area (TPSA) is 101 Å². The van der Waals surface area contributed by atoms with Crippen molar-refractivity contribution in [2.75, 3.05) is 20.1 Å². The van der Waals surface area contributed by atoms with Gasteiger partial charge in [-0.3, -0.25) is 0 Å². The minimum Gasteiger partial charge on any atom is -0.399 e. The molecule has 0 fully saturated rings. The van der Waals surface area contributed by atoms with Gasteiger partial charge in [0.25, 0.3) is 0 Å². The lowest BCUT2D eigenvalue weighted by atomic mass is 9.58. The molecule has 0 amide bonds. The van der Waals surface area contributed by atoms with Crippen LogP contribution in [0.5, 0.6) is 0 Å². The molecule has 25 heavy (non-hydrogen) atoms. The SMILES string of the molecule is Cc1ccc([C@H]2[C@H]3CN(C)CC=C3C(C#N)=C(N)C2(C#N)C#N)cc1. The van der Waals surface area contributed by atoms with Crippen LogP contribution in [0.25, 0.3) is 0 Å². The average molecular weight is 329 g/mol. The molecule has 2 N–H and O–H groups in total. The summed E-state index contributed by atoms with van der Waals surface area (Å²) in [7, 11) is 1.99. The van der Waals surface area contributed by atoms with Crippen LogP contribution in [-0.4, -0.2) is 25.0 Å². The lowest BCUT2D eigenvalue weighted by molar-refractivity contribution is 0.237. The molecule has 5 heteroatoms. The van der Waals surface area contributed by atoms with Crippen molar-refractivity contribution in [2.45, 2.75) is 12.8 Å². The summed E-state index contributed by atoms with van der Waals surface area (Å²) >= 11 is 0. The second-order valence-corrected chi connectivity index (χ2v) is 6.81. The van der Waals surface area contributed by atoms with Gasteiger partial charge in [-0.05, 0) is 25.1 Å². The van der Waals surface area contributed by atoms with E-state index in [9.17, 15) is 15.8 Å². The Labute approximate surface area is 147 Å². The second-order valence-electron chi connectivity index (χ2n) is 6.81. The number of hydrogen-bond donors (Lipinski definition) is 1. The van der Waals surface area contributed by atoms with Gasteiger partial charge in [0.1, 0.15) is 6.07 Å². The van der Waals surface area contributed by atoms with Crippen LogP contribution in [0.1, 0.15) is 17.0 Å². The fourth-order valence-corrected chi connectivity index (χ4v) is 3.97. The molecule has 0 aromatic heterocycles. The Hall–Kier alpha value is -3.07. The first-order chi connectivity index (χ1) is 12.0. The molecule has 0 spiro atoms. The fraction of sp³-hybridized carbons (Fsp3) is 0.350. The molecule has 0 unspecified atom stereocenters. The lowest BCUT2D eigenvalue weighted by Crippen LogP contribution is -2.47. The van der Waals surface area contributed by atoms with Crippen LogP contribution in [0, 0.1) is 52.2 Å². The first-order valence-corrected chi connectivity index (χ1v) is 8.17. The van der Waals surface area contributed by atoms with E-state index in [2.05, 4.69) is 23.1 Å². The molecule has 1 aromatic carbocycles. The van der Waals surface area contributed by atoms with Crippen molar-refractivity contribution >= 4 is 0 Å². The van der Waals surface area contributed by atoms with E-state index >= 15 is 0 Å². The summed E-state index contributed by atoms with van der Waals surface area (Å²) in [6.45, 7) is 3.39. The average Bonchev–Trinajstić information content (AvgIpc) is 2.62. The molecule has 1 aromatic rings. The first-order valence-electron chi connectivity index (χ1n) is 8.17. The number of nitriles is 3. The van der Waals surface area contributed by atoms with Gasteiger partial charge in [-0.1, -0.05) is 35.9 Å². The van der Waals surface area contributed by atoms with Crippen LogP contribution in [-0.2, 0) is 0 Å². The number of allylic oxidation sites excluding steroid dienone is 2. The summed E-state index contributed by atoms with van der Waals surface area (Å²) in [5.74, 6) is -0.531. The third-order valence-corrected chi connectivity index (χ3v) is 5.28. The molecule has 3 rings (SSSR count). The Bertz CT molecular complexity index is 872. The van der Waals surface area contributed by atoms with Gasteiger partial charge in [0.15, 0.2) is 5.41 Å². The van der Waals surface area contributed by atoms with E-state index in [1.54, 1.807) is 0 Å². The van der Waals surface area contributed by atoms with E-state index in [4.69, 9.17) is 5.73 Å². The smallest absolute Gasteiger partial charge is 0.191 e. The van der Waals surface area contributed by atoms with E-state index in [0.717, 1.165) is 23.2 Å². The molecule has 5 nitrogen and oxygen atoms in total. The maximum Gasteiger partial charge on any atom is 0.191 e. The molecule has 124 valence electrons. The van der Waals surface area contributed by atoms with Crippen molar-refractivity contribution in [3.8, 4) is 18.2 Å². The number of benzene rings is 1. The monoisotopic (exact) mass is 329 g/mol. The van der Waals surface area contributed by atoms with Gasteiger partial charge < -0.3 is 10.6 Å². The summed E-state index contributed by atoms with van der Waals surface area (Å²) in [5.41, 5.74) is 7.96. The third-order valence-electron chi connectivity index (χ3n) is 5.28. The fourth-order valence-electron chi connectivity index (χ4n) is 3.97. The van der Waals surface area contributed by atoms with E-state index in [0.29, 0.717) is 12.1 Å². The number of nitrogens with two attached hydrogens (primary N) is 1. The van der Waals surface area contributed by atoms with Crippen molar-refractivity contribution < 1.29 is 0 Å². The lowest BCUT2D eigenvalue weighted by Gasteiger charge is -2.45. The van der Waals surface area contributed by atoms with Gasteiger partial charge in [0.2, 0.25) is 0 Å². The van der Waals surface area contributed by atoms with Crippen molar-refractivity contribution in [1.82, 2.24) is 4.90 Å². The van der Waals surface area contributed by atoms with Crippen molar-refractivity contribution in [2.24, 2.45) is 17.1 Å². The van der Waals surface area contributed by atoms with Crippen molar-refractivity contribution in [3.63, 3.8) is 0 Å². The van der Waals surface area contributed by atoms with E-state index in [1.165, 1.54) is 0 Å².